The molecule has 0 spiro atoms. The number of fused-ring (bicyclic) bond motifs is 4. The highest BCUT2D eigenvalue weighted by molar-refractivity contribution is 6.27. The van der Waals surface area contributed by atoms with Crippen LogP contribution < -0.4 is 0 Å². The molecule has 0 saturated heterocycles. The van der Waals surface area contributed by atoms with Gasteiger partial charge < -0.3 is 0 Å². The maximum Gasteiger partial charge on any atom is 0.160 e. The molecular weight excluding hydrogens is 751 g/mol. The summed E-state index contributed by atoms with van der Waals surface area (Å²) in [5.74, 6) is 0.679. The van der Waals surface area contributed by atoms with E-state index in [9.17, 15) is 5.26 Å². The van der Waals surface area contributed by atoms with Crippen molar-refractivity contribution in [2.24, 2.45) is 0 Å². The molecule has 0 amide bonds. The number of rotatable bonds is 7. The molecule has 62 heavy (non-hydrogen) atoms. The number of nitriles is 1. The second kappa shape index (κ2) is 15.6. The summed E-state index contributed by atoms with van der Waals surface area (Å²) in [6, 6.07) is 81.2. The van der Waals surface area contributed by atoms with E-state index in [1.165, 1.54) is 54.6 Å². The molecule has 0 N–H and O–H groups in total. The lowest BCUT2D eigenvalue weighted by atomic mass is 9.84. The Morgan fingerprint density at radius 2 is 0.726 bits per heavy atom. The van der Waals surface area contributed by atoms with Crippen LogP contribution in [0.25, 0.3) is 111 Å². The molecule has 0 radical (unpaired) electrons. The van der Waals surface area contributed by atoms with Gasteiger partial charge in [0.1, 0.15) is 0 Å². The molecule has 0 fully saturated rings. The molecule has 288 valence electrons. The van der Waals surface area contributed by atoms with Crippen LogP contribution in [0.15, 0.2) is 224 Å². The molecule has 1 heterocycles. The van der Waals surface area contributed by atoms with Crippen molar-refractivity contribution >= 4 is 32.3 Å². The summed E-state index contributed by atoms with van der Waals surface area (Å²) in [4.78, 5) is 10.1. The summed E-state index contributed by atoms with van der Waals surface area (Å²) in [7, 11) is 0. The Labute approximate surface area is 360 Å². The zero-order chi connectivity index (χ0) is 41.4. The first-order valence-corrected chi connectivity index (χ1v) is 20.9. The predicted molar refractivity (Wildman–Crippen MR) is 257 cm³/mol. The molecule has 0 unspecified atom stereocenters. The zero-order valence-electron chi connectivity index (χ0n) is 33.7. The van der Waals surface area contributed by atoms with E-state index in [0.717, 1.165) is 50.3 Å². The maximum absolute atomic E-state index is 9.23. The van der Waals surface area contributed by atoms with Gasteiger partial charge in [-0.2, -0.15) is 5.26 Å². The summed E-state index contributed by atoms with van der Waals surface area (Å²) in [5.41, 5.74) is 14.7. The van der Waals surface area contributed by atoms with Crippen LogP contribution in [-0.4, -0.2) is 9.97 Å². The molecule has 0 aliphatic heterocycles. The van der Waals surface area contributed by atoms with E-state index in [2.05, 4.69) is 188 Å². The maximum atomic E-state index is 9.23. The number of hydrogen-bond donors (Lipinski definition) is 0. The van der Waals surface area contributed by atoms with Crippen molar-refractivity contribution in [2.75, 3.05) is 0 Å². The van der Waals surface area contributed by atoms with Gasteiger partial charge in [0.15, 0.2) is 5.82 Å². The monoisotopic (exact) mass is 787 g/mol. The second-order valence-electron chi connectivity index (χ2n) is 15.6. The highest BCUT2D eigenvalue weighted by atomic mass is 14.9. The third-order valence-corrected chi connectivity index (χ3v) is 12.0. The van der Waals surface area contributed by atoms with Crippen molar-refractivity contribution in [1.29, 1.82) is 5.26 Å². The molecule has 0 bridgehead atoms. The standard InChI is InChI=1S/C59H37N3/c60-38-39-19-21-40(22-20-39)41-23-29-45(30-24-41)54-37-55(62-59(61-54)49-14-5-2-6-15-49)46-31-25-42(26-32-46)43-27-33-48(34-28-43)56-51-17-9-10-18-52(51)57(47-12-3-1-4-13-47)58-50-16-8-7-11-44(50)35-36-53(56)58/h1-37H. The van der Waals surface area contributed by atoms with Gasteiger partial charge in [-0.3, -0.25) is 0 Å². The lowest BCUT2D eigenvalue weighted by molar-refractivity contribution is 1.18. The molecular formula is C59H37N3. The van der Waals surface area contributed by atoms with Crippen molar-refractivity contribution in [3.63, 3.8) is 0 Å². The van der Waals surface area contributed by atoms with E-state index < -0.39 is 0 Å². The Balaban J connectivity index is 0.957. The number of benzene rings is 10. The summed E-state index contributed by atoms with van der Waals surface area (Å²) in [5, 5.41) is 16.8. The normalized spacial score (nSPS) is 11.2. The van der Waals surface area contributed by atoms with E-state index in [-0.39, 0.29) is 0 Å². The van der Waals surface area contributed by atoms with Crippen LogP contribution in [-0.2, 0) is 0 Å². The largest absolute Gasteiger partial charge is 0.228 e. The average Bonchev–Trinajstić information content (AvgIpc) is 3.36. The van der Waals surface area contributed by atoms with E-state index in [1.54, 1.807) is 0 Å². The fourth-order valence-electron chi connectivity index (χ4n) is 8.86. The molecule has 11 aromatic rings. The second-order valence-corrected chi connectivity index (χ2v) is 15.6. The Hall–Kier alpha value is -8.45. The van der Waals surface area contributed by atoms with Crippen LogP contribution in [0.3, 0.4) is 0 Å². The van der Waals surface area contributed by atoms with Crippen LogP contribution in [0, 0.1) is 11.3 Å². The van der Waals surface area contributed by atoms with Gasteiger partial charge in [0.25, 0.3) is 0 Å². The Kier molecular flexibility index (Phi) is 9.23. The van der Waals surface area contributed by atoms with E-state index in [4.69, 9.17) is 9.97 Å². The van der Waals surface area contributed by atoms with Crippen molar-refractivity contribution < 1.29 is 0 Å². The molecule has 0 saturated carbocycles. The zero-order valence-corrected chi connectivity index (χ0v) is 33.7. The van der Waals surface area contributed by atoms with Crippen molar-refractivity contribution in [2.45, 2.75) is 0 Å². The first-order chi connectivity index (χ1) is 30.7. The first kappa shape index (κ1) is 36.6. The predicted octanol–water partition coefficient (Wildman–Crippen LogP) is 15.5. The Morgan fingerprint density at radius 3 is 1.27 bits per heavy atom. The summed E-state index contributed by atoms with van der Waals surface area (Å²) < 4.78 is 0. The highest BCUT2D eigenvalue weighted by Gasteiger charge is 2.19. The topological polar surface area (TPSA) is 49.6 Å². The summed E-state index contributed by atoms with van der Waals surface area (Å²) >= 11 is 0. The third kappa shape index (κ3) is 6.67. The van der Waals surface area contributed by atoms with Gasteiger partial charge in [0.2, 0.25) is 0 Å². The van der Waals surface area contributed by atoms with E-state index in [0.29, 0.717) is 11.4 Å². The molecule has 11 rings (SSSR count). The van der Waals surface area contributed by atoms with Gasteiger partial charge in [-0.05, 0) is 95.0 Å². The molecule has 1 aromatic heterocycles. The molecule has 0 atom stereocenters. The van der Waals surface area contributed by atoms with Crippen molar-refractivity contribution in [1.82, 2.24) is 9.97 Å². The third-order valence-electron chi connectivity index (χ3n) is 12.0. The molecule has 0 aliphatic rings. The number of hydrogen-bond acceptors (Lipinski definition) is 3. The van der Waals surface area contributed by atoms with Gasteiger partial charge in [0, 0.05) is 16.7 Å². The van der Waals surface area contributed by atoms with Crippen molar-refractivity contribution in [3.05, 3.63) is 230 Å². The highest BCUT2D eigenvalue weighted by Crippen LogP contribution is 2.46. The Morgan fingerprint density at radius 1 is 0.306 bits per heavy atom. The van der Waals surface area contributed by atoms with Crippen LogP contribution in [0.2, 0.25) is 0 Å². The molecule has 10 aromatic carbocycles. The quantitative estimate of drug-likeness (QED) is 0.119. The fraction of sp³-hybridized carbons (Fsp3) is 0. The van der Waals surface area contributed by atoms with Gasteiger partial charge in [-0.25, -0.2) is 9.97 Å². The molecule has 0 aliphatic carbocycles. The van der Waals surface area contributed by atoms with Gasteiger partial charge in [0.05, 0.1) is 23.0 Å². The lowest BCUT2D eigenvalue weighted by Crippen LogP contribution is -1.96. The lowest BCUT2D eigenvalue weighted by Gasteiger charge is -2.19. The van der Waals surface area contributed by atoms with E-state index >= 15 is 0 Å². The van der Waals surface area contributed by atoms with Gasteiger partial charge >= 0.3 is 0 Å². The van der Waals surface area contributed by atoms with Crippen LogP contribution >= 0.6 is 0 Å². The Bertz CT molecular complexity index is 3460. The number of nitrogens with zero attached hydrogens (tertiary/aromatic N) is 3. The molecule has 3 heteroatoms. The van der Waals surface area contributed by atoms with Crippen molar-refractivity contribution in [3.8, 4) is 84.5 Å². The van der Waals surface area contributed by atoms with Crippen LogP contribution in [0.1, 0.15) is 5.56 Å². The SMILES string of the molecule is N#Cc1ccc(-c2ccc(-c3cc(-c4ccc(-c5ccc(-c6c7ccccc7c(-c7ccccc7)c7c6ccc6ccccc67)cc5)cc4)nc(-c4ccccc4)n3)cc2)cc1. The minimum absolute atomic E-state index is 0.649. The minimum Gasteiger partial charge on any atom is -0.228 e. The first-order valence-electron chi connectivity index (χ1n) is 20.9. The number of aromatic nitrogens is 2. The van der Waals surface area contributed by atoms with Gasteiger partial charge in [-0.1, -0.05) is 206 Å². The summed E-state index contributed by atoms with van der Waals surface area (Å²) in [6.45, 7) is 0. The fourth-order valence-corrected chi connectivity index (χ4v) is 8.86. The van der Waals surface area contributed by atoms with E-state index in [1.807, 2.05) is 42.5 Å². The summed E-state index contributed by atoms with van der Waals surface area (Å²) in [6.07, 6.45) is 0. The smallest absolute Gasteiger partial charge is 0.160 e. The molecule has 3 nitrogen and oxygen atoms in total. The van der Waals surface area contributed by atoms with Crippen LogP contribution in [0.5, 0.6) is 0 Å². The van der Waals surface area contributed by atoms with Crippen LogP contribution in [0.4, 0.5) is 0 Å². The minimum atomic E-state index is 0.649. The average molecular weight is 788 g/mol. The van der Waals surface area contributed by atoms with Gasteiger partial charge in [-0.15, -0.1) is 0 Å².